The van der Waals surface area contributed by atoms with Crippen LogP contribution < -0.4 is 10.2 Å². The van der Waals surface area contributed by atoms with E-state index in [-0.39, 0.29) is 29.3 Å². The molecule has 164 valence electrons. The van der Waals surface area contributed by atoms with E-state index in [0.717, 1.165) is 34.8 Å². The minimum Gasteiger partial charge on any atom is -0.355 e. The molecule has 8 heteroatoms. The average molecular weight is 434 g/mol. The number of rotatable bonds is 7. The van der Waals surface area contributed by atoms with E-state index in [4.69, 9.17) is 0 Å². The van der Waals surface area contributed by atoms with Crippen molar-refractivity contribution in [1.29, 1.82) is 0 Å². The minimum atomic E-state index is -3.80. The van der Waals surface area contributed by atoms with Crippen LogP contribution in [0.1, 0.15) is 51.5 Å². The van der Waals surface area contributed by atoms with Gasteiger partial charge in [-0.05, 0) is 69.2 Å². The molecular formula is C22H31N3O4S. The van der Waals surface area contributed by atoms with Gasteiger partial charge in [-0.1, -0.05) is 11.6 Å². The third-order valence-electron chi connectivity index (χ3n) is 5.83. The highest BCUT2D eigenvalue weighted by atomic mass is 32.2. The van der Waals surface area contributed by atoms with E-state index >= 15 is 0 Å². The van der Waals surface area contributed by atoms with Gasteiger partial charge in [-0.15, -0.1) is 0 Å². The van der Waals surface area contributed by atoms with Crippen LogP contribution in [0.15, 0.2) is 34.7 Å². The lowest BCUT2D eigenvalue weighted by atomic mass is 9.97. The molecule has 1 aliphatic heterocycles. The number of anilines is 1. The van der Waals surface area contributed by atoms with Crippen molar-refractivity contribution in [2.24, 2.45) is 0 Å². The molecule has 0 fully saturated rings. The molecule has 2 aliphatic rings. The molecule has 0 radical (unpaired) electrons. The number of carbonyl (C=O) groups is 2. The van der Waals surface area contributed by atoms with Gasteiger partial charge < -0.3 is 10.2 Å². The number of benzene rings is 1. The van der Waals surface area contributed by atoms with Crippen molar-refractivity contribution in [2.45, 2.75) is 63.3 Å². The monoisotopic (exact) mass is 433 g/mol. The summed E-state index contributed by atoms with van der Waals surface area (Å²) in [5.41, 5.74) is 2.96. The molecule has 1 aromatic carbocycles. The Labute approximate surface area is 179 Å². The van der Waals surface area contributed by atoms with E-state index in [9.17, 15) is 18.0 Å². The third kappa shape index (κ3) is 4.92. The standard InChI is InChI=1S/C22H31N3O4S/c1-16-13-19-14-20(9-10-21(19)25(16)17(2)26)30(28,29)24(3)15-22(27)23-12-11-18-7-5-4-6-8-18/h7,9-10,14,16H,4-6,8,11-13,15H2,1-3H3,(H,23,27). The molecule has 1 heterocycles. The number of amides is 2. The van der Waals surface area contributed by atoms with Gasteiger partial charge in [0.1, 0.15) is 0 Å². The molecule has 2 amide bonds. The van der Waals surface area contributed by atoms with Crippen LogP contribution in [0.3, 0.4) is 0 Å². The zero-order chi connectivity index (χ0) is 21.9. The van der Waals surface area contributed by atoms with Crippen LogP contribution in [-0.2, 0) is 26.0 Å². The Bertz CT molecular complexity index is 955. The second kappa shape index (κ2) is 9.31. The normalized spacial score (nSPS) is 18.9. The fourth-order valence-electron chi connectivity index (χ4n) is 4.27. The summed E-state index contributed by atoms with van der Waals surface area (Å²) >= 11 is 0. The summed E-state index contributed by atoms with van der Waals surface area (Å²) in [6.45, 7) is 3.74. The predicted octanol–water partition coefficient (Wildman–Crippen LogP) is 2.61. The van der Waals surface area contributed by atoms with Crippen LogP contribution in [0.25, 0.3) is 0 Å². The molecule has 1 aromatic rings. The number of carbonyl (C=O) groups excluding carboxylic acids is 2. The van der Waals surface area contributed by atoms with E-state index in [1.54, 1.807) is 17.0 Å². The summed E-state index contributed by atoms with van der Waals surface area (Å²) in [6.07, 6.45) is 8.29. The van der Waals surface area contributed by atoms with Crippen molar-refractivity contribution in [3.05, 3.63) is 35.4 Å². The lowest BCUT2D eigenvalue weighted by Gasteiger charge is -2.21. The molecule has 7 nitrogen and oxygen atoms in total. The average Bonchev–Trinajstić information content (AvgIpc) is 3.03. The summed E-state index contributed by atoms with van der Waals surface area (Å²) in [7, 11) is -2.39. The molecule has 0 saturated heterocycles. The number of hydrogen-bond acceptors (Lipinski definition) is 4. The Morgan fingerprint density at radius 1 is 1.27 bits per heavy atom. The molecule has 1 N–H and O–H groups in total. The number of hydrogen-bond donors (Lipinski definition) is 1. The molecule has 1 aliphatic carbocycles. The van der Waals surface area contributed by atoms with Crippen molar-refractivity contribution >= 4 is 27.5 Å². The molecule has 0 aromatic heterocycles. The number of fused-ring (bicyclic) bond motifs is 1. The van der Waals surface area contributed by atoms with Gasteiger partial charge >= 0.3 is 0 Å². The molecule has 0 spiro atoms. The topological polar surface area (TPSA) is 86.8 Å². The minimum absolute atomic E-state index is 0.00163. The fourth-order valence-corrected chi connectivity index (χ4v) is 5.44. The Morgan fingerprint density at radius 2 is 2.03 bits per heavy atom. The maximum Gasteiger partial charge on any atom is 0.243 e. The van der Waals surface area contributed by atoms with Crippen LogP contribution in [0.2, 0.25) is 0 Å². The lowest BCUT2D eigenvalue weighted by molar-refractivity contribution is -0.121. The Hall–Kier alpha value is -2.19. The van der Waals surface area contributed by atoms with Crippen molar-refractivity contribution < 1.29 is 18.0 Å². The second-order valence-corrected chi connectivity index (χ2v) is 10.2. The number of allylic oxidation sites excluding steroid dienone is 1. The van der Waals surface area contributed by atoms with E-state index in [1.807, 2.05) is 6.92 Å². The van der Waals surface area contributed by atoms with Gasteiger partial charge in [0.2, 0.25) is 21.8 Å². The van der Waals surface area contributed by atoms with Gasteiger partial charge in [-0.3, -0.25) is 9.59 Å². The molecule has 1 unspecified atom stereocenters. The molecular weight excluding hydrogens is 402 g/mol. The zero-order valence-corrected chi connectivity index (χ0v) is 18.8. The van der Waals surface area contributed by atoms with Crippen molar-refractivity contribution in [3.63, 3.8) is 0 Å². The first-order valence-corrected chi connectivity index (χ1v) is 12.0. The number of nitrogens with zero attached hydrogens (tertiary/aromatic N) is 2. The van der Waals surface area contributed by atoms with Crippen LogP contribution >= 0.6 is 0 Å². The molecule has 1 atom stereocenters. The smallest absolute Gasteiger partial charge is 0.243 e. The van der Waals surface area contributed by atoms with Crippen LogP contribution in [0.5, 0.6) is 0 Å². The maximum absolute atomic E-state index is 12.9. The van der Waals surface area contributed by atoms with Gasteiger partial charge in [-0.2, -0.15) is 4.31 Å². The summed E-state index contributed by atoms with van der Waals surface area (Å²) in [5, 5.41) is 2.82. The zero-order valence-electron chi connectivity index (χ0n) is 18.0. The van der Waals surface area contributed by atoms with Crippen LogP contribution in [0.4, 0.5) is 5.69 Å². The number of sulfonamides is 1. The first kappa shape index (κ1) is 22.5. The Kier molecular flexibility index (Phi) is 6.98. The largest absolute Gasteiger partial charge is 0.355 e. The summed E-state index contributed by atoms with van der Waals surface area (Å²) in [6, 6.07) is 4.80. The quantitative estimate of drug-likeness (QED) is 0.670. The van der Waals surface area contributed by atoms with Gasteiger partial charge in [0.25, 0.3) is 0 Å². The van der Waals surface area contributed by atoms with E-state index in [2.05, 4.69) is 11.4 Å². The highest BCUT2D eigenvalue weighted by Gasteiger charge is 2.31. The molecule has 0 saturated carbocycles. The van der Waals surface area contributed by atoms with Gasteiger partial charge in [0.05, 0.1) is 11.4 Å². The highest BCUT2D eigenvalue weighted by molar-refractivity contribution is 7.89. The summed E-state index contributed by atoms with van der Waals surface area (Å²) in [4.78, 5) is 25.9. The molecule has 3 rings (SSSR count). The fraction of sp³-hybridized carbons (Fsp3) is 0.545. The van der Waals surface area contributed by atoms with Crippen molar-refractivity contribution in [2.75, 3.05) is 25.0 Å². The number of likely N-dealkylation sites (N-methyl/N-ethyl adjacent to an activating group) is 1. The highest BCUT2D eigenvalue weighted by Crippen LogP contribution is 2.34. The predicted molar refractivity (Wildman–Crippen MR) is 117 cm³/mol. The van der Waals surface area contributed by atoms with Gasteiger partial charge in [0, 0.05) is 32.2 Å². The van der Waals surface area contributed by atoms with Crippen molar-refractivity contribution in [1.82, 2.24) is 9.62 Å². The summed E-state index contributed by atoms with van der Waals surface area (Å²) < 4.78 is 27.0. The van der Waals surface area contributed by atoms with Gasteiger partial charge in [-0.25, -0.2) is 8.42 Å². The lowest BCUT2D eigenvalue weighted by Crippen LogP contribution is -2.38. The van der Waals surface area contributed by atoms with E-state index in [0.29, 0.717) is 13.0 Å². The van der Waals surface area contributed by atoms with Gasteiger partial charge in [0.15, 0.2) is 0 Å². The Morgan fingerprint density at radius 3 is 2.70 bits per heavy atom. The molecule has 30 heavy (non-hydrogen) atoms. The Balaban J connectivity index is 1.61. The van der Waals surface area contributed by atoms with Crippen molar-refractivity contribution in [3.8, 4) is 0 Å². The van der Waals surface area contributed by atoms with Crippen LogP contribution in [0, 0.1) is 0 Å². The SMILES string of the molecule is CC(=O)N1c2ccc(S(=O)(=O)N(C)CC(=O)NCCC3=CCCCC3)cc2CC1C. The van der Waals surface area contributed by atoms with Crippen LogP contribution in [-0.4, -0.2) is 50.7 Å². The third-order valence-corrected chi connectivity index (χ3v) is 7.63. The number of nitrogens with one attached hydrogen (secondary N) is 1. The first-order chi connectivity index (χ1) is 14.2. The summed E-state index contributed by atoms with van der Waals surface area (Å²) in [5.74, 6) is -0.371. The van der Waals surface area contributed by atoms with E-state index in [1.165, 1.54) is 38.5 Å². The maximum atomic E-state index is 12.9. The van der Waals surface area contributed by atoms with E-state index < -0.39 is 10.0 Å². The second-order valence-electron chi connectivity index (χ2n) is 8.20. The first-order valence-electron chi connectivity index (χ1n) is 10.5. The molecule has 0 bridgehead atoms.